The number of esters is 2. The van der Waals surface area contributed by atoms with Gasteiger partial charge in [-0.05, 0) is 103 Å². The van der Waals surface area contributed by atoms with E-state index in [0.717, 1.165) is 89.9 Å². The Morgan fingerprint density at radius 1 is 0.469 bits per heavy atom. The van der Waals surface area contributed by atoms with Gasteiger partial charge in [0.1, 0.15) is 6.61 Å². The Balaban J connectivity index is 4.54. The Kier molecular flexibility index (Phi) is 41.5. The molecule has 2 unspecified atom stereocenters. The van der Waals surface area contributed by atoms with Gasteiger partial charge in [0.25, 0.3) is 0 Å². The summed E-state index contributed by atoms with van der Waals surface area (Å²) in [6.45, 7) is 4.35. The number of carboxylic acids is 1. The lowest BCUT2D eigenvalue weighted by molar-refractivity contribution is -0.887. The van der Waals surface area contributed by atoms with E-state index in [-0.39, 0.29) is 43.1 Å². The maximum atomic E-state index is 12.7. The zero-order valence-corrected chi connectivity index (χ0v) is 40.4. The summed E-state index contributed by atoms with van der Waals surface area (Å²) in [6.07, 6.45) is 66.3. The van der Waals surface area contributed by atoms with Crippen LogP contribution >= 0.6 is 0 Å². The van der Waals surface area contributed by atoms with Gasteiger partial charge in [-0.25, -0.2) is 4.79 Å². The number of rotatable bonds is 40. The third-order valence-electron chi connectivity index (χ3n) is 9.50. The third kappa shape index (κ3) is 42.5. The highest BCUT2D eigenvalue weighted by molar-refractivity contribution is 5.72. The molecule has 0 rings (SSSR count). The quantitative estimate of drug-likeness (QED) is 0.0283. The molecule has 0 amide bonds. The Bertz CT molecular complexity index is 1540. The van der Waals surface area contributed by atoms with Gasteiger partial charge in [0.2, 0.25) is 0 Å². The maximum absolute atomic E-state index is 12.7. The normalized spacial score (nSPS) is 14.2. The van der Waals surface area contributed by atoms with E-state index in [2.05, 4.69) is 148 Å². The Morgan fingerprint density at radius 2 is 0.844 bits per heavy atom. The Hall–Kier alpha value is -4.79. The fraction of sp³-hybridized carbons (Fsp3) is 0.518. The summed E-state index contributed by atoms with van der Waals surface area (Å²) in [4.78, 5) is 37.1. The fourth-order valence-electron chi connectivity index (χ4n) is 5.88. The molecule has 0 aliphatic carbocycles. The number of unbranched alkanes of at least 4 members (excludes halogenated alkanes) is 2. The van der Waals surface area contributed by atoms with Crippen molar-refractivity contribution < 1.29 is 38.2 Å². The van der Waals surface area contributed by atoms with Crippen molar-refractivity contribution in [1.82, 2.24) is 0 Å². The average molecular weight is 885 g/mol. The molecule has 0 bridgehead atoms. The number of nitrogens with zero attached hydrogens (tertiary/aromatic N) is 1. The molecular weight excluding hydrogens is 799 g/mol. The SMILES string of the molecule is CC/C=C/C/C=C/C/C=C/C/C=C/C/C=C/C/C=C/CCCCC(=O)OCC(COCCC(C(=O)O)[N+](C)(C)C)OC(=O)CC/C=C/C/C=C/C/C=C/C/C=C/C/C=C/C/C=C/CC. The summed E-state index contributed by atoms with van der Waals surface area (Å²) >= 11 is 0. The van der Waals surface area contributed by atoms with Crippen LogP contribution in [0.15, 0.2) is 146 Å². The minimum absolute atomic E-state index is 0.00506. The molecule has 1 N–H and O–H groups in total. The summed E-state index contributed by atoms with van der Waals surface area (Å²) < 4.78 is 17.2. The maximum Gasteiger partial charge on any atom is 0.362 e. The number of hydrogen-bond donors (Lipinski definition) is 1. The lowest BCUT2D eigenvalue weighted by Crippen LogP contribution is -2.50. The van der Waals surface area contributed by atoms with Gasteiger partial charge in [0.05, 0.1) is 34.4 Å². The fourth-order valence-corrected chi connectivity index (χ4v) is 5.88. The van der Waals surface area contributed by atoms with Crippen LogP contribution in [0.25, 0.3) is 0 Å². The summed E-state index contributed by atoms with van der Waals surface area (Å²) in [5.41, 5.74) is 0. The second-order valence-electron chi connectivity index (χ2n) is 16.2. The van der Waals surface area contributed by atoms with Crippen LogP contribution in [0.1, 0.15) is 136 Å². The van der Waals surface area contributed by atoms with E-state index < -0.39 is 24.1 Å². The third-order valence-corrected chi connectivity index (χ3v) is 9.50. The first-order valence-electron chi connectivity index (χ1n) is 23.9. The van der Waals surface area contributed by atoms with Crippen molar-refractivity contribution in [2.75, 3.05) is 41.0 Å². The van der Waals surface area contributed by atoms with Crippen LogP contribution in [-0.2, 0) is 28.6 Å². The van der Waals surface area contributed by atoms with Gasteiger partial charge < -0.3 is 23.8 Å². The van der Waals surface area contributed by atoms with Crippen LogP contribution in [0.4, 0.5) is 0 Å². The minimum atomic E-state index is -0.900. The minimum Gasteiger partial charge on any atom is -0.477 e. The van der Waals surface area contributed by atoms with Crippen LogP contribution in [0.2, 0.25) is 0 Å². The van der Waals surface area contributed by atoms with E-state index in [0.29, 0.717) is 19.3 Å². The summed E-state index contributed by atoms with van der Waals surface area (Å²) in [5, 5.41) is 9.64. The molecule has 0 fully saturated rings. The topological polar surface area (TPSA) is 99.1 Å². The lowest BCUT2D eigenvalue weighted by Gasteiger charge is -2.31. The first-order valence-corrected chi connectivity index (χ1v) is 23.9. The molecule has 0 aliphatic rings. The highest BCUT2D eigenvalue weighted by Crippen LogP contribution is 2.10. The molecule has 0 spiro atoms. The average Bonchev–Trinajstić information content (AvgIpc) is 3.26. The predicted molar refractivity (Wildman–Crippen MR) is 270 cm³/mol. The van der Waals surface area contributed by atoms with Crippen LogP contribution in [0, 0.1) is 0 Å². The van der Waals surface area contributed by atoms with Gasteiger partial charge in [0.15, 0.2) is 12.1 Å². The number of likely N-dealkylation sites (N-methyl/N-ethyl adjacent to an activating group) is 1. The Labute approximate surface area is 389 Å². The zero-order chi connectivity index (χ0) is 47.0. The van der Waals surface area contributed by atoms with Crippen LogP contribution in [-0.4, -0.2) is 80.6 Å². The molecule has 356 valence electrons. The monoisotopic (exact) mass is 885 g/mol. The van der Waals surface area contributed by atoms with Crippen molar-refractivity contribution in [3.8, 4) is 0 Å². The molecule has 0 aliphatic heterocycles. The Morgan fingerprint density at radius 3 is 1.22 bits per heavy atom. The second kappa shape index (κ2) is 44.8. The van der Waals surface area contributed by atoms with E-state index in [1.54, 1.807) is 0 Å². The van der Waals surface area contributed by atoms with Gasteiger partial charge >= 0.3 is 17.9 Å². The summed E-state index contributed by atoms with van der Waals surface area (Å²) in [7, 11) is 5.47. The molecule has 0 saturated carbocycles. The summed E-state index contributed by atoms with van der Waals surface area (Å²) in [5.74, 6) is -1.66. The number of hydrogen-bond acceptors (Lipinski definition) is 6. The molecule has 0 heterocycles. The first-order chi connectivity index (χ1) is 31.1. The molecule has 8 nitrogen and oxygen atoms in total. The predicted octanol–water partition coefficient (Wildman–Crippen LogP) is 13.7. The lowest BCUT2D eigenvalue weighted by atomic mass is 10.1. The number of carbonyl (C=O) groups is 3. The standard InChI is InChI=1S/C56H85NO7/c1-6-8-10-12-14-16-18-20-22-24-26-27-29-30-32-34-36-38-40-42-44-46-54(58)63-51-52(50-62-49-48-53(56(60)61)57(3,4)5)64-55(59)47-45-43-41-39-37-35-33-31-28-25-23-21-19-17-15-13-11-9-7-2/h8-11,14-17,20-23,26-28,30-32,35-38,41,43,52-53H,6-7,12-13,18-19,24-25,29,33-34,39-40,42,44-51H2,1-5H3/p+1/b10-8+,11-9+,16-14+,17-15+,22-20+,23-21+,27-26+,31-28+,32-30+,37-35+,38-36+,43-41+. The molecule has 0 aromatic heterocycles. The van der Waals surface area contributed by atoms with Crippen molar-refractivity contribution in [2.24, 2.45) is 0 Å². The van der Waals surface area contributed by atoms with E-state index in [1.807, 2.05) is 33.3 Å². The number of allylic oxidation sites excluding steroid dienone is 24. The van der Waals surface area contributed by atoms with Crippen molar-refractivity contribution in [3.05, 3.63) is 146 Å². The van der Waals surface area contributed by atoms with Gasteiger partial charge in [-0.15, -0.1) is 0 Å². The number of quaternary nitrogens is 1. The van der Waals surface area contributed by atoms with Crippen molar-refractivity contribution in [3.63, 3.8) is 0 Å². The molecule has 0 saturated heterocycles. The molecule has 0 aromatic carbocycles. The van der Waals surface area contributed by atoms with E-state index in [4.69, 9.17) is 14.2 Å². The molecule has 0 aromatic rings. The van der Waals surface area contributed by atoms with Crippen molar-refractivity contribution >= 4 is 17.9 Å². The molecule has 0 radical (unpaired) electrons. The van der Waals surface area contributed by atoms with E-state index in [1.165, 1.54) is 0 Å². The number of aliphatic carboxylic acids is 1. The summed E-state index contributed by atoms with van der Waals surface area (Å²) in [6, 6.07) is -0.645. The largest absolute Gasteiger partial charge is 0.477 e. The van der Waals surface area contributed by atoms with Gasteiger partial charge in [-0.1, -0.05) is 160 Å². The van der Waals surface area contributed by atoms with E-state index in [9.17, 15) is 19.5 Å². The van der Waals surface area contributed by atoms with Gasteiger partial charge in [-0.3, -0.25) is 9.59 Å². The molecule has 2 atom stereocenters. The van der Waals surface area contributed by atoms with Crippen molar-refractivity contribution in [1.29, 1.82) is 0 Å². The van der Waals surface area contributed by atoms with Crippen LogP contribution < -0.4 is 0 Å². The highest BCUT2D eigenvalue weighted by atomic mass is 16.6. The van der Waals surface area contributed by atoms with Crippen LogP contribution in [0.5, 0.6) is 0 Å². The molecular formula is C56H86NO7+. The van der Waals surface area contributed by atoms with Crippen molar-refractivity contribution in [2.45, 2.75) is 148 Å². The molecule has 8 heteroatoms. The molecule has 64 heavy (non-hydrogen) atoms. The number of ether oxygens (including phenoxy) is 3. The number of carboxylic acid groups (broad SMARTS) is 1. The smallest absolute Gasteiger partial charge is 0.362 e. The van der Waals surface area contributed by atoms with Crippen LogP contribution in [0.3, 0.4) is 0 Å². The highest BCUT2D eigenvalue weighted by Gasteiger charge is 2.31. The first kappa shape index (κ1) is 59.2. The zero-order valence-electron chi connectivity index (χ0n) is 40.4. The number of carbonyl (C=O) groups excluding carboxylic acids is 2. The van der Waals surface area contributed by atoms with Gasteiger partial charge in [-0.2, -0.15) is 0 Å². The van der Waals surface area contributed by atoms with Gasteiger partial charge in [0, 0.05) is 19.3 Å². The second-order valence-corrected chi connectivity index (χ2v) is 16.2. The van der Waals surface area contributed by atoms with E-state index >= 15 is 0 Å².